The largest absolute Gasteiger partial charge is 0.465 e. The summed E-state index contributed by atoms with van der Waals surface area (Å²) in [5.74, 6) is -0.0868. The van der Waals surface area contributed by atoms with Crippen LogP contribution < -0.4 is 5.32 Å². The van der Waals surface area contributed by atoms with Crippen molar-refractivity contribution in [3.63, 3.8) is 0 Å². The van der Waals surface area contributed by atoms with Gasteiger partial charge in [-0.1, -0.05) is 108 Å². The van der Waals surface area contributed by atoms with Gasteiger partial charge in [0.25, 0.3) is 0 Å². The monoisotopic (exact) mass is 662 g/mol. The molecule has 0 aliphatic heterocycles. The summed E-state index contributed by atoms with van der Waals surface area (Å²) < 4.78 is 10.8. The summed E-state index contributed by atoms with van der Waals surface area (Å²) in [6, 6.07) is 0. The third-order valence-corrected chi connectivity index (χ3v) is 8.19. The fourth-order valence-corrected chi connectivity index (χ4v) is 5.20. The second-order valence-electron chi connectivity index (χ2n) is 13.1. The molecule has 7 heteroatoms. The highest BCUT2D eigenvalue weighted by atomic mass is 16.5. The van der Waals surface area contributed by atoms with Gasteiger partial charge >= 0.3 is 12.1 Å². The highest BCUT2D eigenvalue weighted by Gasteiger charge is 2.09. The number of hydrogen-bond acceptors (Lipinski definition) is 6. The van der Waals surface area contributed by atoms with Gasteiger partial charge in [-0.05, 0) is 97.8 Å². The summed E-state index contributed by atoms with van der Waals surface area (Å²) >= 11 is 0. The lowest BCUT2D eigenvalue weighted by Gasteiger charge is -2.22. The number of unbranched alkanes of at least 4 members (excludes halogenated alkanes) is 14. The second kappa shape index (κ2) is 36.7. The van der Waals surface area contributed by atoms with E-state index in [0.717, 1.165) is 64.7 Å². The number of alkyl carbamates (subject to hydrolysis) is 1. The Morgan fingerprint density at radius 2 is 1.09 bits per heavy atom. The van der Waals surface area contributed by atoms with Crippen molar-refractivity contribution in [1.82, 2.24) is 15.1 Å². The van der Waals surface area contributed by atoms with E-state index in [9.17, 15) is 9.59 Å². The van der Waals surface area contributed by atoms with E-state index in [2.05, 4.69) is 60.5 Å². The molecule has 0 heterocycles. The smallest absolute Gasteiger partial charge is 0.407 e. The standard InChI is InChI=1S/C40H75N3O4/c1-5-7-9-11-13-14-15-16-17-18-19-20-21-22-24-28-33-43(36-38-47-40(45)41-32-35-42(3)4)34-29-26-27-31-39(44)46-37-30-25-23-12-10-8-6-2/h13-14,16-17,23,25H,5-12,15,18-22,24,26-38H2,1-4H3,(H,41,45)/b14-13-,17-16-,25-23-. The van der Waals surface area contributed by atoms with Crippen LogP contribution >= 0.6 is 0 Å². The molecular formula is C40H75N3O4. The second-order valence-corrected chi connectivity index (χ2v) is 13.1. The summed E-state index contributed by atoms with van der Waals surface area (Å²) in [7, 11) is 3.97. The van der Waals surface area contributed by atoms with Crippen molar-refractivity contribution >= 4 is 12.1 Å². The summed E-state index contributed by atoms with van der Waals surface area (Å²) in [6.07, 6.45) is 37.3. The number of ether oxygens (including phenoxy) is 2. The zero-order chi connectivity index (χ0) is 34.5. The number of carbonyl (C=O) groups excluding carboxylic acids is 2. The fraction of sp³-hybridized carbons (Fsp3) is 0.800. The molecule has 0 aromatic carbocycles. The lowest BCUT2D eigenvalue weighted by Crippen LogP contribution is -2.35. The maximum atomic E-state index is 12.1. The molecule has 1 N–H and O–H groups in total. The average molecular weight is 662 g/mol. The normalized spacial score (nSPS) is 12.0. The van der Waals surface area contributed by atoms with Gasteiger partial charge in [-0.3, -0.25) is 9.69 Å². The molecule has 0 bridgehead atoms. The van der Waals surface area contributed by atoms with Crippen molar-refractivity contribution in [3.05, 3.63) is 36.5 Å². The Morgan fingerprint density at radius 3 is 1.70 bits per heavy atom. The molecule has 0 saturated carbocycles. The first kappa shape index (κ1) is 44.9. The lowest BCUT2D eigenvalue weighted by molar-refractivity contribution is -0.143. The van der Waals surface area contributed by atoms with Crippen LogP contribution in [0, 0.1) is 0 Å². The first-order valence-electron chi connectivity index (χ1n) is 19.4. The summed E-state index contributed by atoms with van der Waals surface area (Å²) in [4.78, 5) is 28.6. The van der Waals surface area contributed by atoms with E-state index < -0.39 is 0 Å². The molecule has 0 unspecified atom stereocenters. The Bertz CT molecular complexity index is 781. The molecule has 47 heavy (non-hydrogen) atoms. The van der Waals surface area contributed by atoms with Gasteiger partial charge in [0.15, 0.2) is 0 Å². The topological polar surface area (TPSA) is 71.1 Å². The molecule has 0 radical (unpaired) electrons. The Labute approximate surface area is 291 Å². The van der Waals surface area contributed by atoms with Gasteiger partial charge in [0.2, 0.25) is 0 Å². The number of nitrogens with zero attached hydrogens (tertiary/aromatic N) is 2. The van der Waals surface area contributed by atoms with Crippen molar-refractivity contribution in [1.29, 1.82) is 0 Å². The average Bonchev–Trinajstić information content (AvgIpc) is 3.05. The first-order chi connectivity index (χ1) is 23.0. The highest BCUT2D eigenvalue weighted by Crippen LogP contribution is 2.10. The van der Waals surface area contributed by atoms with Crippen molar-refractivity contribution in [2.75, 3.05) is 60.0 Å². The first-order valence-corrected chi connectivity index (χ1v) is 19.4. The van der Waals surface area contributed by atoms with Gasteiger partial charge in [0.1, 0.15) is 6.61 Å². The number of hydrogen-bond donors (Lipinski definition) is 1. The molecule has 0 atom stereocenters. The molecular weight excluding hydrogens is 586 g/mol. The van der Waals surface area contributed by atoms with Crippen LogP contribution in [0.15, 0.2) is 36.5 Å². The Kier molecular flexibility index (Phi) is 35.1. The predicted molar refractivity (Wildman–Crippen MR) is 201 cm³/mol. The number of esters is 1. The summed E-state index contributed by atoms with van der Waals surface area (Å²) in [5.41, 5.74) is 0. The molecule has 0 saturated heterocycles. The SMILES string of the molecule is CCCCC/C=C\C/C=C\CCCCCCCCN(CCCCCC(=O)OCC/C=C\CCCCC)CCOC(=O)NCCN(C)C. The van der Waals surface area contributed by atoms with Gasteiger partial charge < -0.3 is 19.7 Å². The van der Waals surface area contributed by atoms with E-state index in [1.807, 2.05) is 19.0 Å². The van der Waals surface area contributed by atoms with Crippen LogP contribution in [0.2, 0.25) is 0 Å². The number of rotatable bonds is 34. The van der Waals surface area contributed by atoms with Crippen molar-refractivity contribution in [3.8, 4) is 0 Å². The van der Waals surface area contributed by atoms with E-state index in [1.165, 1.54) is 89.9 Å². The molecule has 0 aromatic heterocycles. The molecule has 1 amide bonds. The van der Waals surface area contributed by atoms with Gasteiger partial charge in [0, 0.05) is 26.1 Å². The van der Waals surface area contributed by atoms with Crippen LogP contribution in [0.5, 0.6) is 0 Å². The van der Waals surface area contributed by atoms with Crippen LogP contribution in [0.1, 0.15) is 149 Å². The number of nitrogens with one attached hydrogen (secondary N) is 1. The molecule has 7 nitrogen and oxygen atoms in total. The third-order valence-electron chi connectivity index (χ3n) is 8.19. The predicted octanol–water partition coefficient (Wildman–Crippen LogP) is 10.0. The summed E-state index contributed by atoms with van der Waals surface area (Å²) in [6.45, 7) is 9.45. The van der Waals surface area contributed by atoms with Crippen molar-refractivity contribution < 1.29 is 19.1 Å². The van der Waals surface area contributed by atoms with E-state index in [1.54, 1.807) is 0 Å². The molecule has 0 fully saturated rings. The van der Waals surface area contributed by atoms with Gasteiger partial charge in [0.05, 0.1) is 6.61 Å². The lowest BCUT2D eigenvalue weighted by atomic mass is 10.1. The van der Waals surface area contributed by atoms with E-state index in [0.29, 0.717) is 26.2 Å². The summed E-state index contributed by atoms with van der Waals surface area (Å²) in [5, 5.41) is 2.82. The van der Waals surface area contributed by atoms with E-state index in [4.69, 9.17) is 9.47 Å². The Morgan fingerprint density at radius 1 is 0.553 bits per heavy atom. The number of carbonyl (C=O) groups is 2. The maximum absolute atomic E-state index is 12.1. The zero-order valence-electron chi connectivity index (χ0n) is 31.3. The molecule has 0 rings (SSSR count). The van der Waals surface area contributed by atoms with Crippen LogP contribution in [0.3, 0.4) is 0 Å². The molecule has 274 valence electrons. The minimum Gasteiger partial charge on any atom is -0.465 e. The third kappa shape index (κ3) is 36.6. The minimum atomic E-state index is -0.342. The molecule has 0 aliphatic carbocycles. The Balaban J connectivity index is 4.16. The van der Waals surface area contributed by atoms with Crippen LogP contribution in [0.4, 0.5) is 4.79 Å². The Hall–Kier alpha value is -2.12. The van der Waals surface area contributed by atoms with Crippen LogP contribution in [-0.4, -0.2) is 81.9 Å². The maximum Gasteiger partial charge on any atom is 0.407 e. The molecule has 0 spiro atoms. The molecule has 0 aromatic rings. The van der Waals surface area contributed by atoms with Crippen molar-refractivity contribution in [2.24, 2.45) is 0 Å². The van der Waals surface area contributed by atoms with Crippen LogP contribution in [0.25, 0.3) is 0 Å². The van der Waals surface area contributed by atoms with Crippen molar-refractivity contribution in [2.45, 2.75) is 149 Å². The minimum absolute atomic E-state index is 0.0868. The van der Waals surface area contributed by atoms with Gasteiger partial charge in [-0.25, -0.2) is 4.79 Å². The number of amides is 1. The van der Waals surface area contributed by atoms with Crippen LogP contribution in [-0.2, 0) is 14.3 Å². The number of allylic oxidation sites excluding steroid dienone is 5. The highest BCUT2D eigenvalue weighted by molar-refractivity contribution is 5.69. The zero-order valence-corrected chi connectivity index (χ0v) is 31.3. The quantitative estimate of drug-likeness (QED) is 0.0420. The van der Waals surface area contributed by atoms with E-state index in [-0.39, 0.29) is 12.1 Å². The van der Waals surface area contributed by atoms with E-state index >= 15 is 0 Å². The number of likely N-dealkylation sites (N-methyl/N-ethyl adjacent to an activating group) is 1. The van der Waals surface area contributed by atoms with Gasteiger partial charge in [-0.2, -0.15) is 0 Å². The fourth-order valence-electron chi connectivity index (χ4n) is 5.20. The molecule has 0 aliphatic rings. The van der Waals surface area contributed by atoms with Gasteiger partial charge in [-0.15, -0.1) is 0 Å².